The fraction of sp³-hybridized carbons (Fsp3) is 0.0667. The molecule has 3 N–H and O–H groups in total. The SMILES string of the molecule is NC1=Cc2ccccc2S(=O)(=O)c2cc(CO)ccc21. The fourth-order valence-electron chi connectivity index (χ4n) is 2.33. The predicted molar refractivity (Wildman–Crippen MR) is 76.3 cm³/mol. The summed E-state index contributed by atoms with van der Waals surface area (Å²) in [7, 11) is -3.65. The van der Waals surface area contributed by atoms with E-state index in [1.807, 2.05) is 0 Å². The third-order valence-corrected chi connectivity index (χ3v) is 5.22. The van der Waals surface area contributed by atoms with Gasteiger partial charge in [0.2, 0.25) is 9.84 Å². The van der Waals surface area contributed by atoms with E-state index >= 15 is 0 Å². The van der Waals surface area contributed by atoms with Crippen molar-refractivity contribution in [3.63, 3.8) is 0 Å². The van der Waals surface area contributed by atoms with Crippen LogP contribution in [0.4, 0.5) is 0 Å². The second-order valence-electron chi connectivity index (χ2n) is 4.63. The van der Waals surface area contributed by atoms with Crippen LogP contribution in [0.2, 0.25) is 0 Å². The van der Waals surface area contributed by atoms with Crippen molar-refractivity contribution in [2.24, 2.45) is 5.73 Å². The highest BCUT2D eigenvalue weighted by atomic mass is 32.2. The molecule has 0 saturated heterocycles. The van der Waals surface area contributed by atoms with Crippen molar-refractivity contribution in [1.82, 2.24) is 0 Å². The molecule has 0 aromatic heterocycles. The summed E-state index contributed by atoms with van der Waals surface area (Å²) >= 11 is 0. The molecule has 2 aromatic carbocycles. The van der Waals surface area contributed by atoms with Crippen LogP contribution in [0, 0.1) is 0 Å². The average Bonchev–Trinajstić information content (AvgIpc) is 2.54. The number of aliphatic hydroxyl groups is 1. The summed E-state index contributed by atoms with van der Waals surface area (Å²) in [4.78, 5) is 0.375. The van der Waals surface area contributed by atoms with Crippen LogP contribution in [0.3, 0.4) is 0 Å². The molecule has 4 nitrogen and oxygen atoms in total. The number of hydrogen-bond acceptors (Lipinski definition) is 4. The van der Waals surface area contributed by atoms with Gasteiger partial charge in [0, 0.05) is 11.3 Å². The Balaban J connectivity index is 2.42. The lowest BCUT2D eigenvalue weighted by molar-refractivity contribution is 0.281. The van der Waals surface area contributed by atoms with E-state index in [4.69, 9.17) is 5.73 Å². The second-order valence-corrected chi connectivity index (χ2v) is 6.52. The Morgan fingerprint density at radius 2 is 1.80 bits per heavy atom. The highest BCUT2D eigenvalue weighted by Gasteiger charge is 2.27. The number of aliphatic hydroxyl groups excluding tert-OH is 1. The van der Waals surface area contributed by atoms with E-state index in [9.17, 15) is 13.5 Å². The molecule has 0 radical (unpaired) electrons. The van der Waals surface area contributed by atoms with Gasteiger partial charge >= 0.3 is 0 Å². The van der Waals surface area contributed by atoms with Gasteiger partial charge in [0.05, 0.1) is 16.4 Å². The minimum Gasteiger partial charge on any atom is -0.398 e. The van der Waals surface area contributed by atoms with Crippen molar-refractivity contribution in [2.45, 2.75) is 16.4 Å². The molecule has 1 aliphatic rings. The van der Waals surface area contributed by atoms with E-state index in [1.54, 1.807) is 42.5 Å². The first-order valence-electron chi connectivity index (χ1n) is 6.09. The van der Waals surface area contributed by atoms with Gasteiger partial charge in [-0.2, -0.15) is 0 Å². The van der Waals surface area contributed by atoms with Gasteiger partial charge in [-0.05, 0) is 29.3 Å². The largest absolute Gasteiger partial charge is 0.398 e. The maximum absolute atomic E-state index is 12.8. The van der Waals surface area contributed by atoms with Gasteiger partial charge in [-0.25, -0.2) is 8.42 Å². The molecule has 0 spiro atoms. The van der Waals surface area contributed by atoms with Crippen molar-refractivity contribution in [1.29, 1.82) is 0 Å². The van der Waals surface area contributed by atoms with E-state index in [-0.39, 0.29) is 16.4 Å². The quantitative estimate of drug-likeness (QED) is 0.838. The van der Waals surface area contributed by atoms with Gasteiger partial charge in [-0.15, -0.1) is 0 Å². The van der Waals surface area contributed by atoms with E-state index in [2.05, 4.69) is 0 Å². The van der Waals surface area contributed by atoms with Gasteiger partial charge < -0.3 is 10.8 Å². The van der Waals surface area contributed by atoms with Crippen LogP contribution in [-0.2, 0) is 16.4 Å². The zero-order valence-corrected chi connectivity index (χ0v) is 11.4. The summed E-state index contributed by atoms with van der Waals surface area (Å²) in [6.45, 7) is -0.214. The van der Waals surface area contributed by atoms with Crippen molar-refractivity contribution in [2.75, 3.05) is 0 Å². The van der Waals surface area contributed by atoms with Crippen molar-refractivity contribution >= 4 is 21.6 Å². The second kappa shape index (κ2) is 4.47. The maximum Gasteiger partial charge on any atom is 0.207 e. The molecule has 0 unspecified atom stereocenters. The van der Waals surface area contributed by atoms with Gasteiger partial charge in [0.1, 0.15) is 0 Å². The van der Waals surface area contributed by atoms with E-state index < -0.39 is 9.84 Å². The number of rotatable bonds is 1. The van der Waals surface area contributed by atoms with E-state index in [0.29, 0.717) is 22.4 Å². The molecule has 20 heavy (non-hydrogen) atoms. The lowest BCUT2D eigenvalue weighted by Gasteiger charge is -2.10. The molecule has 0 bridgehead atoms. The smallest absolute Gasteiger partial charge is 0.207 e. The normalized spacial score (nSPS) is 15.8. The standard InChI is InChI=1S/C15H13NO3S/c16-13-8-11-3-1-2-4-14(11)20(18,19)15-7-10(9-17)5-6-12(13)15/h1-8,17H,9,16H2. The lowest BCUT2D eigenvalue weighted by atomic mass is 10.1. The molecular weight excluding hydrogens is 274 g/mol. The number of fused-ring (bicyclic) bond motifs is 2. The molecule has 1 heterocycles. The number of sulfone groups is 1. The summed E-state index contributed by atoms with van der Waals surface area (Å²) in [6, 6.07) is 11.5. The van der Waals surface area contributed by atoms with Crippen LogP contribution < -0.4 is 5.73 Å². The molecular formula is C15H13NO3S. The third kappa shape index (κ3) is 1.83. The maximum atomic E-state index is 12.8. The van der Waals surface area contributed by atoms with Gasteiger partial charge in [0.15, 0.2) is 0 Å². The first-order chi connectivity index (χ1) is 9.54. The lowest BCUT2D eigenvalue weighted by Crippen LogP contribution is -2.07. The zero-order valence-electron chi connectivity index (χ0n) is 10.6. The van der Waals surface area contributed by atoms with Gasteiger partial charge in [-0.3, -0.25) is 0 Å². The molecule has 1 aliphatic heterocycles. The molecule has 0 aliphatic carbocycles. The predicted octanol–water partition coefficient (Wildman–Crippen LogP) is 1.78. The Kier molecular flexibility index (Phi) is 2.88. The molecule has 3 rings (SSSR count). The minimum absolute atomic E-state index is 0.141. The summed E-state index contributed by atoms with van der Waals surface area (Å²) in [6.07, 6.45) is 1.66. The van der Waals surface area contributed by atoms with Crippen LogP contribution in [0.15, 0.2) is 52.3 Å². The fourth-order valence-corrected chi connectivity index (χ4v) is 4.05. The zero-order chi connectivity index (χ0) is 14.3. The van der Waals surface area contributed by atoms with Crippen LogP contribution in [0.5, 0.6) is 0 Å². The monoisotopic (exact) mass is 287 g/mol. The Bertz CT molecular complexity index is 823. The van der Waals surface area contributed by atoms with Crippen molar-refractivity contribution < 1.29 is 13.5 Å². The van der Waals surface area contributed by atoms with Gasteiger partial charge in [-0.1, -0.05) is 30.3 Å². The third-order valence-electron chi connectivity index (χ3n) is 3.35. The minimum atomic E-state index is -3.65. The number of benzene rings is 2. The number of nitrogens with two attached hydrogens (primary N) is 1. The molecule has 0 atom stereocenters. The topological polar surface area (TPSA) is 80.4 Å². The molecule has 0 amide bonds. The van der Waals surface area contributed by atoms with Crippen LogP contribution in [-0.4, -0.2) is 13.5 Å². The van der Waals surface area contributed by atoms with Crippen LogP contribution >= 0.6 is 0 Å². The highest BCUT2D eigenvalue weighted by molar-refractivity contribution is 7.91. The van der Waals surface area contributed by atoms with Crippen molar-refractivity contribution in [3.05, 3.63) is 59.2 Å². The molecule has 102 valence electrons. The van der Waals surface area contributed by atoms with E-state index in [0.717, 1.165) is 0 Å². The average molecular weight is 287 g/mol. The molecule has 2 aromatic rings. The summed E-state index contributed by atoms with van der Waals surface area (Å²) < 4.78 is 25.5. The Labute approximate surface area is 117 Å². The molecule has 0 fully saturated rings. The Morgan fingerprint density at radius 1 is 1.05 bits per heavy atom. The first-order valence-corrected chi connectivity index (χ1v) is 7.58. The van der Waals surface area contributed by atoms with Gasteiger partial charge in [0.25, 0.3) is 0 Å². The summed E-state index contributed by atoms with van der Waals surface area (Å²) in [5, 5.41) is 9.20. The first kappa shape index (κ1) is 12.9. The highest BCUT2D eigenvalue weighted by Crippen LogP contribution is 2.34. The van der Waals surface area contributed by atoms with Crippen molar-refractivity contribution in [3.8, 4) is 0 Å². The van der Waals surface area contributed by atoms with E-state index in [1.165, 1.54) is 6.07 Å². The van der Waals surface area contributed by atoms with Crippen LogP contribution in [0.1, 0.15) is 16.7 Å². The number of hydrogen-bond donors (Lipinski definition) is 2. The van der Waals surface area contributed by atoms with Crippen LogP contribution in [0.25, 0.3) is 11.8 Å². The Morgan fingerprint density at radius 3 is 2.55 bits per heavy atom. The summed E-state index contributed by atoms with van der Waals surface area (Å²) in [5.41, 5.74) is 8.00. The molecule has 5 heteroatoms. The summed E-state index contributed by atoms with van der Waals surface area (Å²) in [5.74, 6) is 0. The Hall–Kier alpha value is -2.11. The molecule has 0 saturated carbocycles.